The van der Waals surface area contributed by atoms with Crippen LogP contribution >= 0.6 is 0 Å². The molecule has 0 aliphatic rings. The molecule has 1 aromatic rings. The molecule has 0 aliphatic carbocycles. The third-order valence-electron chi connectivity index (χ3n) is 2.04. The van der Waals surface area contributed by atoms with Gasteiger partial charge in [-0.2, -0.15) is 5.10 Å². The molecule has 0 saturated heterocycles. The molecular weight excluding hydrogens is 164 g/mol. The zero-order valence-electron chi connectivity index (χ0n) is 8.66. The monoisotopic (exact) mass is 180 g/mol. The highest BCUT2D eigenvalue weighted by Gasteiger charge is 2.18. The smallest absolute Gasteiger partial charge is 0.125 e. The van der Waals surface area contributed by atoms with Gasteiger partial charge < -0.3 is 4.79 Å². The zero-order chi connectivity index (χ0) is 10.1. The highest BCUT2D eigenvalue weighted by atomic mass is 16.1. The quantitative estimate of drug-likeness (QED) is 0.646. The van der Waals surface area contributed by atoms with Crippen LogP contribution in [0, 0.1) is 0 Å². The fourth-order valence-electron chi connectivity index (χ4n) is 1.15. The van der Waals surface area contributed by atoms with E-state index in [1.807, 2.05) is 13.1 Å². The van der Waals surface area contributed by atoms with Crippen LogP contribution in [0.1, 0.15) is 32.2 Å². The molecule has 1 heterocycles. The summed E-state index contributed by atoms with van der Waals surface area (Å²) in [5.74, 6) is 0. The van der Waals surface area contributed by atoms with Gasteiger partial charge in [0.05, 0.1) is 5.69 Å². The number of nitrogens with zero attached hydrogens (tertiary/aromatic N) is 2. The fourth-order valence-corrected chi connectivity index (χ4v) is 1.15. The molecule has 72 valence electrons. The summed E-state index contributed by atoms with van der Waals surface area (Å²) in [6.07, 6.45) is 1.35. The van der Waals surface area contributed by atoms with Crippen molar-refractivity contribution in [2.24, 2.45) is 7.05 Å². The third-order valence-corrected chi connectivity index (χ3v) is 2.04. The lowest BCUT2D eigenvalue weighted by Gasteiger charge is -2.13. The van der Waals surface area contributed by atoms with Crippen molar-refractivity contribution in [1.82, 2.24) is 9.78 Å². The Kier molecular flexibility index (Phi) is 2.55. The van der Waals surface area contributed by atoms with Crippen molar-refractivity contribution in [2.45, 2.75) is 32.6 Å². The van der Waals surface area contributed by atoms with Crippen molar-refractivity contribution in [3.8, 4) is 0 Å². The lowest BCUT2D eigenvalue weighted by molar-refractivity contribution is -0.107. The molecule has 0 bridgehead atoms. The molecule has 1 rings (SSSR count). The number of rotatable bonds is 2. The number of aromatic nitrogens is 2. The van der Waals surface area contributed by atoms with Crippen LogP contribution in [0.3, 0.4) is 0 Å². The van der Waals surface area contributed by atoms with Gasteiger partial charge in [0.1, 0.15) is 6.29 Å². The minimum Gasteiger partial charge on any atom is -0.303 e. The number of carbonyl (C=O) groups is 1. The summed E-state index contributed by atoms with van der Waals surface area (Å²) in [6.45, 7) is 6.33. The summed E-state index contributed by atoms with van der Waals surface area (Å²) in [6, 6.07) is 1.99. The van der Waals surface area contributed by atoms with E-state index in [9.17, 15) is 4.79 Å². The number of hydrogen-bond donors (Lipinski definition) is 0. The maximum absolute atomic E-state index is 10.3. The molecular formula is C10H16N2O. The second-order valence-corrected chi connectivity index (χ2v) is 4.27. The van der Waals surface area contributed by atoms with Crippen molar-refractivity contribution in [3.05, 3.63) is 17.5 Å². The molecule has 0 unspecified atom stereocenters. The average molecular weight is 180 g/mol. The van der Waals surface area contributed by atoms with E-state index in [0.29, 0.717) is 6.42 Å². The van der Waals surface area contributed by atoms with Crippen LogP contribution in [0.5, 0.6) is 0 Å². The molecule has 0 aromatic carbocycles. The molecule has 0 spiro atoms. The molecule has 0 saturated carbocycles. The van der Waals surface area contributed by atoms with Crippen molar-refractivity contribution in [1.29, 1.82) is 0 Å². The predicted molar refractivity (Wildman–Crippen MR) is 51.7 cm³/mol. The summed E-state index contributed by atoms with van der Waals surface area (Å²) in [4.78, 5) is 10.3. The molecule has 0 radical (unpaired) electrons. The van der Waals surface area contributed by atoms with E-state index in [1.165, 1.54) is 0 Å². The average Bonchev–Trinajstić information content (AvgIpc) is 2.32. The first-order valence-electron chi connectivity index (χ1n) is 4.42. The van der Waals surface area contributed by atoms with Crippen LogP contribution in [0.15, 0.2) is 6.07 Å². The van der Waals surface area contributed by atoms with Gasteiger partial charge in [-0.25, -0.2) is 0 Å². The molecule has 13 heavy (non-hydrogen) atoms. The summed E-state index contributed by atoms with van der Waals surface area (Å²) in [5.41, 5.74) is 2.06. The van der Waals surface area contributed by atoms with Crippen LogP contribution in [0.25, 0.3) is 0 Å². The first-order valence-corrected chi connectivity index (χ1v) is 4.42. The maximum atomic E-state index is 10.3. The first kappa shape index (κ1) is 9.96. The maximum Gasteiger partial charge on any atom is 0.125 e. The Morgan fingerprint density at radius 1 is 1.54 bits per heavy atom. The minimum absolute atomic E-state index is 0.0545. The third kappa shape index (κ3) is 2.17. The second-order valence-electron chi connectivity index (χ2n) is 4.27. The van der Waals surface area contributed by atoms with Gasteiger partial charge in [0, 0.05) is 24.6 Å². The Morgan fingerprint density at radius 2 is 2.15 bits per heavy atom. The van der Waals surface area contributed by atoms with Gasteiger partial charge in [0.25, 0.3) is 0 Å². The van der Waals surface area contributed by atoms with E-state index >= 15 is 0 Å². The van der Waals surface area contributed by atoms with Crippen molar-refractivity contribution >= 4 is 6.29 Å². The lowest BCUT2D eigenvalue weighted by Crippen LogP contribution is -2.12. The Hall–Kier alpha value is -1.12. The Labute approximate surface area is 78.8 Å². The number of aldehydes is 1. The molecule has 3 nitrogen and oxygen atoms in total. The van der Waals surface area contributed by atoms with E-state index in [1.54, 1.807) is 4.68 Å². The lowest BCUT2D eigenvalue weighted by atomic mass is 9.92. The van der Waals surface area contributed by atoms with Gasteiger partial charge in [-0.15, -0.1) is 0 Å². The zero-order valence-corrected chi connectivity index (χ0v) is 8.66. The normalized spacial score (nSPS) is 11.7. The minimum atomic E-state index is 0.0545. The van der Waals surface area contributed by atoms with E-state index in [2.05, 4.69) is 25.9 Å². The SMILES string of the molecule is Cn1nc(C(C)(C)C)cc1CC=O. The summed E-state index contributed by atoms with van der Waals surface area (Å²) >= 11 is 0. The Balaban J connectivity index is 3.01. The highest BCUT2D eigenvalue weighted by Crippen LogP contribution is 2.21. The van der Waals surface area contributed by atoms with Crippen LogP contribution in [0.2, 0.25) is 0 Å². The highest BCUT2D eigenvalue weighted by molar-refractivity contribution is 5.53. The molecule has 0 aliphatic heterocycles. The van der Waals surface area contributed by atoms with Gasteiger partial charge >= 0.3 is 0 Å². The summed E-state index contributed by atoms with van der Waals surface area (Å²) in [5, 5.41) is 4.36. The second kappa shape index (κ2) is 3.32. The first-order chi connectivity index (χ1) is 5.95. The van der Waals surface area contributed by atoms with Gasteiger partial charge in [0.15, 0.2) is 0 Å². The van der Waals surface area contributed by atoms with Crippen molar-refractivity contribution in [3.63, 3.8) is 0 Å². The molecule has 1 aromatic heterocycles. The molecule has 0 amide bonds. The number of carbonyl (C=O) groups excluding carboxylic acids is 1. The number of hydrogen-bond acceptors (Lipinski definition) is 2. The van der Waals surface area contributed by atoms with E-state index < -0.39 is 0 Å². The van der Waals surface area contributed by atoms with Gasteiger partial charge in [0.2, 0.25) is 0 Å². The van der Waals surface area contributed by atoms with Crippen molar-refractivity contribution < 1.29 is 4.79 Å². The Morgan fingerprint density at radius 3 is 2.54 bits per heavy atom. The van der Waals surface area contributed by atoms with Gasteiger partial charge in [-0.3, -0.25) is 4.68 Å². The summed E-state index contributed by atoms with van der Waals surface area (Å²) < 4.78 is 1.77. The summed E-state index contributed by atoms with van der Waals surface area (Å²) in [7, 11) is 1.87. The standard InChI is InChI=1S/C10H16N2O/c1-10(2,3)9-7-8(5-6-13)12(4)11-9/h6-7H,5H2,1-4H3. The number of aryl methyl sites for hydroxylation is 1. The van der Waals surface area contributed by atoms with Gasteiger partial charge in [-0.1, -0.05) is 20.8 Å². The van der Waals surface area contributed by atoms with Crippen LogP contribution in [0.4, 0.5) is 0 Å². The predicted octanol–water partition coefficient (Wildman–Crippen LogP) is 1.46. The van der Waals surface area contributed by atoms with E-state index in [4.69, 9.17) is 0 Å². The van der Waals surface area contributed by atoms with Gasteiger partial charge in [-0.05, 0) is 6.07 Å². The van der Waals surface area contributed by atoms with Crippen LogP contribution in [-0.2, 0) is 23.7 Å². The largest absolute Gasteiger partial charge is 0.303 e. The molecule has 0 N–H and O–H groups in total. The fraction of sp³-hybridized carbons (Fsp3) is 0.600. The Bertz CT molecular complexity index is 307. The molecule has 0 atom stereocenters. The van der Waals surface area contributed by atoms with Crippen molar-refractivity contribution in [2.75, 3.05) is 0 Å². The molecule has 0 fully saturated rings. The van der Waals surface area contributed by atoms with Crippen LogP contribution in [-0.4, -0.2) is 16.1 Å². The topological polar surface area (TPSA) is 34.9 Å². The molecule has 3 heteroatoms. The van der Waals surface area contributed by atoms with E-state index in [-0.39, 0.29) is 5.41 Å². The van der Waals surface area contributed by atoms with Crippen LogP contribution < -0.4 is 0 Å². The van der Waals surface area contributed by atoms with E-state index in [0.717, 1.165) is 17.7 Å².